The highest BCUT2D eigenvalue weighted by Crippen LogP contribution is 2.35. The monoisotopic (exact) mass is 451 g/mol. The summed E-state index contributed by atoms with van der Waals surface area (Å²) in [5.74, 6) is -3.06. The van der Waals surface area contributed by atoms with Gasteiger partial charge in [-0.2, -0.15) is 0 Å². The summed E-state index contributed by atoms with van der Waals surface area (Å²) in [7, 11) is 1.49. The van der Waals surface area contributed by atoms with Crippen LogP contribution in [-0.4, -0.2) is 23.8 Å². The lowest BCUT2D eigenvalue weighted by Gasteiger charge is -2.16. The van der Waals surface area contributed by atoms with Crippen LogP contribution in [0, 0.1) is 21.7 Å². The molecule has 0 atom stereocenters. The molecular weight excluding hydrogens is 436 g/mol. The molecule has 1 aliphatic heterocycles. The highest BCUT2D eigenvalue weighted by molar-refractivity contribution is 6.46. The molecular formula is C23H15F2N3O5. The quantitative estimate of drug-likeness (QED) is 0.341. The van der Waals surface area contributed by atoms with E-state index in [1.165, 1.54) is 31.4 Å². The van der Waals surface area contributed by atoms with E-state index >= 15 is 0 Å². The molecule has 166 valence electrons. The molecule has 0 radical (unpaired) electrons. The van der Waals surface area contributed by atoms with Crippen LogP contribution in [0.1, 0.15) is 5.56 Å². The van der Waals surface area contributed by atoms with Gasteiger partial charge >= 0.3 is 0 Å². The van der Waals surface area contributed by atoms with Crippen molar-refractivity contribution in [1.82, 2.24) is 0 Å². The number of anilines is 2. The van der Waals surface area contributed by atoms with E-state index in [0.29, 0.717) is 16.3 Å². The number of carbonyl (C=O) groups excluding carboxylic acids is 2. The number of ether oxygens (including phenoxy) is 1. The molecule has 0 bridgehead atoms. The Balaban J connectivity index is 1.82. The SMILES string of the molecule is COc1ccc(NC2=C(c3ccc([N+](=O)[O-])cc3)C(=O)N(c3cc(F)ccc3F)C2=O)cc1. The van der Waals surface area contributed by atoms with E-state index in [9.17, 15) is 28.5 Å². The fourth-order valence-corrected chi connectivity index (χ4v) is 3.36. The first-order valence-corrected chi connectivity index (χ1v) is 9.54. The number of methoxy groups -OCH3 is 1. The van der Waals surface area contributed by atoms with Gasteiger partial charge in [0, 0.05) is 23.9 Å². The van der Waals surface area contributed by atoms with Crippen LogP contribution >= 0.6 is 0 Å². The number of hydrogen-bond acceptors (Lipinski definition) is 6. The average Bonchev–Trinajstić information content (AvgIpc) is 3.05. The van der Waals surface area contributed by atoms with Crippen molar-refractivity contribution in [3.05, 3.63) is 99.7 Å². The lowest BCUT2D eigenvalue weighted by Crippen LogP contribution is -2.33. The minimum Gasteiger partial charge on any atom is -0.497 e. The van der Waals surface area contributed by atoms with E-state index in [4.69, 9.17) is 4.74 Å². The van der Waals surface area contributed by atoms with E-state index in [1.54, 1.807) is 24.3 Å². The molecule has 0 aromatic heterocycles. The van der Waals surface area contributed by atoms with Crippen LogP contribution in [-0.2, 0) is 9.59 Å². The number of non-ortho nitro benzene ring substituents is 1. The normalized spacial score (nSPS) is 13.5. The lowest BCUT2D eigenvalue weighted by atomic mass is 10.0. The van der Waals surface area contributed by atoms with Gasteiger partial charge in [0.2, 0.25) is 0 Å². The molecule has 8 nitrogen and oxygen atoms in total. The minimum atomic E-state index is -0.966. The number of imide groups is 1. The maximum absolute atomic E-state index is 14.4. The van der Waals surface area contributed by atoms with Gasteiger partial charge in [-0.25, -0.2) is 13.7 Å². The number of amides is 2. The predicted molar refractivity (Wildman–Crippen MR) is 115 cm³/mol. The van der Waals surface area contributed by atoms with Gasteiger partial charge in [0.1, 0.15) is 23.1 Å². The summed E-state index contributed by atoms with van der Waals surface area (Å²) in [5.41, 5.74) is -0.482. The number of rotatable bonds is 6. The second-order valence-electron chi connectivity index (χ2n) is 6.95. The third-order valence-corrected chi connectivity index (χ3v) is 4.96. The van der Waals surface area contributed by atoms with Crippen molar-refractivity contribution >= 4 is 34.4 Å². The number of nitrogens with one attached hydrogen (secondary N) is 1. The predicted octanol–water partition coefficient (Wildman–Crippen LogP) is 4.28. The zero-order valence-corrected chi connectivity index (χ0v) is 17.0. The smallest absolute Gasteiger partial charge is 0.282 e. The van der Waals surface area contributed by atoms with Gasteiger partial charge in [-0.05, 0) is 54.1 Å². The molecule has 0 spiro atoms. The first-order valence-electron chi connectivity index (χ1n) is 9.54. The van der Waals surface area contributed by atoms with Crippen LogP contribution in [0.5, 0.6) is 5.75 Å². The number of nitro benzene ring substituents is 1. The molecule has 0 aliphatic carbocycles. The largest absolute Gasteiger partial charge is 0.497 e. The number of nitrogens with zero attached hydrogens (tertiary/aromatic N) is 2. The number of nitro groups is 1. The highest BCUT2D eigenvalue weighted by atomic mass is 19.1. The van der Waals surface area contributed by atoms with Crippen molar-refractivity contribution in [3.63, 3.8) is 0 Å². The second-order valence-corrected chi connectivity index (χ2v) is 6.95. The summed E-state index contributed by atoms with van der Waals surface area (Å²) in [4.78, 5) is 37.4. The van der Waals surface area contributed by atoms with Crippen molar-refractivity contribution < 1.29 is 28.0 Å². The Morgan fingerprint density at radius 3 is 2.21 bits per heavy atom. The Morgan fingerprint density at radius 2 is 1.61 bits per heavy atom. The van der Waals surface area contributed by atoms with Gasteiger partial charge < -0.3 is 10.1 Å². The molecule has 0 unspecified atom stereocenters. The van der Waals surface area contributed by atoms with Gasteiger partial charge in [-0.3, -0.25) is 19.7 Å². The molecule has 10 heteroatoms. The Hall–Kier alpha value is -4.60. The van der Waals surface area contributed by atoms with Crippen molar-refractivity contribution in [1.29, 1.82) is 0 Å². The summed E-state index contributed by atoms with van der Waals surface area (Å²) in [6, 6.07) is 13.8. The second kappa shape index (κ2) is 8.50. The molecule has 4 rings (SSSR count). The molecule has 3 aromatic rings. The van der Waals surface area contributed by atoms with Crippen LogP contribution in [0.25, 0.3) is 5.57 Å². The van der Waals surface area contributed by atoms with Crippen molar-refractivity contribution in [3.8, 4) is 5.75 Å². The van der Waals surface area contributed by atoms with Gasteiger partial charge in [0.25, 0.3) is 17.5 Å². The average molecular weight is 451 g/mol. The van der Waals surface area contributed by atoms with E-state index < -0.39 is 34.1 Å². The standard InChI is InChI=1S/C23H15F2N3O5/c1-33-17-9-5-15(6-10-17)26-21-20(13-2-7-16(8-3-13)28(31)32)22(29)27(23(21)30)19-12-14(24)4-11-18(19)25/h2-12,26H,1H3. The molecule has 1 aliphatic rings. The molecule has 33 heavy (non-hydrogen) atoms. The summed E-state index contributed by atoms with van der Waals surface area (Å²) >= 11 is 0. The summed E-state index contributed by atoms with van der Waals surface area (Å²) < 4.78 is 33.3. The summed E-state index contributed by atoms with van der Waals surface area (Å²) in [5, 5.41) is 13.8. The number of halogens is 2. The van der Waals surface area contributed by atoms with E-state index in [1.807, 2.05) is 0 Å². The van der Waals surface area contributed by atoms with E-state index in [0.717, 1.165) is 18.2 Å². The van der Waals surface area contributed by atoms with Gasteiger partial charge in [0.05, 0.1) is 23.3 Å². The van der Waals surface area contributed by atoms with Gasteiger partial charge in [-0.15, -0.1) is 0 Å². The summed E-state index contributed by atoms with van der Waals surface area (Å²) in [6.07, 6.45) is 0. The van der Waals surface area contributed by atoms with Crippen molar-refractivity contribution in [2.75, 3.05) is 17.3 Å². The van der Waals surface area contributed by atoms with Crippen LogP contribution < -0.4 is 15.0 Å². The number of carbonyl (C=O) groups is 2. The van der Waals surface area contributed by atoms with Gasteiger partial charge in [-0.1, -0.05) is 0 Å². The topological polar surface area (TPSA) is 102 Å². The molecule has 0 fully saturated rings. The lowest BCUT2D eigenvalue weighted by molar-refractivity contribution is -0.384. The maximum atomic E-state index is 14.4. The molecule has 2 amide bonds. The van der Waals surface area contributed by atoms with Crippen molar-refractivity contribution in [2.45, 2.75) is 0 Å². The zero-order chi connectivity index (χ0) is 23.7. The number of hydrogen-bond donors (Lipinski definition) is 1. The fourth-order valence-electron chi connectivity index (χ4n) is 3.36. The van der Waals surface area contributed by atoms with Crippen LogP contribution in [0.3, 0.4) is 0 Å². The van der Waals surface area contributed by atoms with Gasteiger partial charge in [0.15, 0.2) is 0 Å². The first-order chi connectivity index (χ1) is 15.8. The van der Waals surface area contributed by atoms with E-state index in [2.05, 4.69) is 5.32 Å². The molecule has 0 saturated carbocycles. The third kappa shape index (κ3) is 4.01. The Labute approximate surface area is 185 Å². The molecule has 1 heterocycles. The highest BCUT2D eigenvalue weighted by Gasteiger charge is 2.41. The Kier molecular flexibility index (Phi) is 5.57. The number of benzene rings is 3. The third-order valence-electron chi connectivity index (χ3n) is 4.96. The molecule has 0 saturated heterocycles. The fraction of sp³-hybridized carbons (Fsp3) is 0.0435. The summed E-state index contributed by atoms with van der Waals surface area (Å²) in [6.45, 7) is 0. The molecule has 1 N–H and O–H groups in total. The minimum absolute atomic E-state index is 0.144. The maximum Gasteiger partial charge on any atom is 0.282 e. The van der Waals surface area contributed by atoms with Crippen LogP contribution in [0.4, 0.5) is 25.8 Å². The van der Waals surface area contributed by atoms with E-state index in [-0.39, 0.29) is 22.5 Å². The molecule has 3 aromatic carbocycles. The first kappa shape index (κ1) is 21.6. The van der Waals surface area contributed by atoms with Crippen molar-refractivity contribution in [2.24, 2.45) is 0 Å². The Bertz CT molecular complexity index is 1300. The zero-order valence-electron chi connectivity index (χ0n) is 17.0. The van der Waals surface area contributed by atoms with Crippen LogP contribution in [0.15, 0.2) is 72.4 Å². The van der Waals surface area contributed by atoms with Crippen LogP contribution in [0.2, 0.25) is 0 Å². The Morgan fingerprint density at radius 1 is 0.939 bits per heavy atom.